The molecule has 0 spiro atoms. The predicted octanol–water partition coefficient (Wildman–Crippen LogP) is 6.04. The number of piperidine rings is 2. The Morgan fingerprint density at radius 3 is 2.15 bits per heavy atom. The molecule has 2 heterocycles. The van der Waals surface area contributed by atoms with Crippen LogP contribution in [0, 0.1) is 0 Å². The number of benzene rings is 2. The third-order valence-electron chi connectivity index (χ3n) is 8.69. The van der Waals surface area contributed by atoms with E-state index in [1.165, 1.54) is 0 Å². The van der Waals surface area contributed by atoms with Gasteiger partial charge < -0.3 is 19.6 Å². The predicted molar refractivity (Wildman–Crippen MR) is 164 cm³/mol. The van der Waals surface area contributed by atoms with Crippen molar-refractivity contribution in [1.82, 2.24) is 19.6 Å². The van der Waals surface area contributed by atoms with Crippen molar-refractivity contribution in [2.75, 3.05) is 53.4 Å². The van der Waals surface area contributed by atoms with Crippen molar-refractivity contribution in [3.63, 3.8) is 0 Å². The molecular weight excluding hydrogens is 543 g/mol. The van der Waals surface area contributed by atoms with Gasteiger partial charge in [0.2, 0.25) is 5.91 Å². The molecule has 6 nitrogen and oxygen atoms in total. The number of halogens is 2. The highest BCUT2D eigenvalue weighted by Gasteiger charge is 2.34. The molecule has 4 rings (SSSR count). The van der Waals surface area contributed by atoms with E-state index in [9.17, 15) is 9.59 Å². The van der Waals surface area contributed by atoms with E-state index in [0.717, 1.165) is 70.4 Å². The van der Waals surface area contributed by atoms with Gasteiger partial charge in [-0.05, 0) is 88.6 Å². The van der Waals surface area contributed by atoms with Gasteiger partial charge in [0.15, 0.2) is 0 Å². The van der Waals surface area contributed by atoms with E-state index in [0.29, 0.717) is 46.6 Å². The zero-order valence-electron chi connectivity index (χ0n) is 24.2. The van der Waals surface area contributed by atoms with E-state index in [1.54, 1.807) is 0 Å². The SMILES string of the molecule is CCC(=O)N(C1CCN(C)CC1)C1CCN(CCC(CN(C)C(=O)c2ccccc2)c2ccc(Cl)c(Cl)c2)CC1. The topological polar surface area (TPSA) is 47.1 Å². The summed E-state index contributed by atoms with van der Waals surface area (Å²) >= 11 is 12.6. The van der Waals surface area contributed by atoms with Crippen LogP contribution in [0.15, 0.2) is 48.5 Å². The van der Waals surface area contributed by atoms with E-state index in [2.05, 4.69) is 21.7 Å². The van der Waals surface area contributed by atoms with Crippen LogP contribution in [-0.4, -0.2) is 96.9 Å². The first-order valence-corrected chi connectivity index (χ1v) is 15.5. The third-order valence-corrected chi connectivity index (χ3v) is 9.43. The molecule has 2 aromatic rings. The van der Waals surface area contributed by atoms with Crippen molar-refractivity contribution >= 4 is 35.0 Å². The van der Waals surface area contributed by atoms with Gasteiger partial charge in [0, 0.05) is 56.7 Å². The Kier molecular flexibility index (Phi) is 11.3. The summed E-state index contributed by atoms with van der Waals surface area (Å²) in [4.78, 5) is 35.1. The summed E-state index contributed by atoms with van der Waals surface area (Å²) in [5.41, 5.74) is 1.79. The van der Waals surface area contributed by atoms with Gasteiger partial charge in [-0.1, -0.05) is 54.4 Å². The normalized spacial score (nSPS) is 18.4. The maximum absolute atomic E-state index is 13.1. The molecule has 0 aromatic heterocycles. The van der Waals surface area contributed by atoms with Crippen molar-refractivity contribution in [2.45, 2.75) is 63.5 Å². The third kappa shape index (κ3) is 8.00. The molecule has 2 aliphatic rings. The minimum absolute atomic E-state index is 0.0149. The number of amides is 2. The monoisotopic (exact) mass is 586 g/mol. The fourth-order valence-corrected chi connectivity index (χ4v) is 6.57. The molecule has 1 unspecified atom stereocenters. The highest BCUT2D eigenvalue weighted by Crippen LogP contribution is 2.30. The number of hydrogen-bond donors (Lipinski definition) is 0. The average Bonchev–Trinajstić information content (AvgIpc) is 2.98. The molecule has 0 N–H and O–H groups in total. The standard InChI is InChI=1S/C32H44Cl2N4O2/c1-4-31(39)38(27-13-17-35(2)18-14-27)28-15-20-37(21-16-28)19-12-26(25-10-11-29(33)30(34)22-25)23-36(3)32(40)24-8-6-5-7-9-24/h5-11,22,26-28H,4,12-21,23H2,1-3H3. The van der Waals surface area contributed by atoms with Crippen LogP contribution in [0.25, 0.3) is 0 Å². The van der Waals surface area contributed by atoms with E-state index in [4.69, 9.17) is 23.2 Å². The quantitative estimate of drug-likeness (QED) is 0.340. The maximum atomic E-state index is 13.1. The van der Waals surface area contributed by atoms with Gasteiger partial charge in [-0.3, -0.25) is 9.59 Å². The highest BCUT2D eigenvalue weighted by atomic mass is 35.5. The lowest BCUT2D eigenvalue weighted by molar-refractivity contribution is -0.138. The van der Waals surface area contributed by atoms with Crippen molar-refractivity contribution < 1.29 is 9.59 Å². The first-order valence-electron chi connectivity index (χ1n) is 14.7. The van der Waals surface area contributed by atoms with Crippen LogP contribution in [0.3, 0.4) is 0 Å². The van der Waals surface area contributed by atoms with Crippen molar-refractivity contribution in [3.05, 3.63) is 69.7 Å². The summed E-state index contributed by atoms with van der Waals surface area (Å²) in [7, 11) is 4.04. The smallest absolute Gasteiger partial charge is 0.253 e. The number of likely N-dealkylation sites (tertiary alicyclic amines) is 2. The van der Waals surface area contributed by atoms with Crippen LogP contribution in [0.4, 0.5) is 0 Å². The summed E-state index contributed by atoms with van der Waals surface area (Å²) in [5.74, 6) is 0.447. The van der Waals surface area contributed by atoms with Gasteiger partial charge in [-0.25, -0.2) is 0 Å². The highest BCUT2D eigenvalue weighted by molar-refractivity contribution is 6.42. The second kappa shape index (κ2) is 14.7. The largest absolute Gasteiger partial charge is 0.341 e. The van der Waals surface area contributed by atoms with Crippen molar-refractivity contribution in [1.29, 1.82) is 0 Å². The summed E-state index contributed by atoms with van der Waals surface area (Å²) in [6, 6.07) is 15.9. The van der Waals surface area contributed by atoms with Gasteiger partial charge in [0.05, 0.1) is 10.0 Å². The lowest BCUT2D eigenvalue weighted by Gasteiger charge is -2.45. The van der Waals surface area contributed by atoms with Gasteiger partial charge in [-0.2, -0.15) is 0 Å². The van der Waals surface area contributed by atoms with Crippen molar-refractivity contribution in [2.24, 2.45) is 0 Å². The first kappa shape index (κ1) is 30.8. The van der Waals surface area contributed by atoms with Crippen LogP contribution in [0.2, 0.25) is 10.0 Å². The second-order valence-corrected chi connectivity index (χ2v) is 12.3. The molecule has 2 fully saturated rings. The molecule has 40 heavy (non-hydrogen) atoms. The zero-order valence-corrected chi connectivity index (χ0v) is 25.7. The van der Waals surface area contributed by atoms with Gasteiger partial charge in [-0.15, -0.1) is 0 Å². The zero-order chi connectivity index (χ0) is 28.6. The number of likely N-dealkylation sites (N-methyl/N-ethyl adjacent to an activating group) is 1. The Morgan fingerprint density at radius 2 is 1.55 bits per heavy atom. The molecule has 218 valence electrons. The number of carbonyl (C=O) groups excluding carboxylic acids is 2. The van der Waals surface area contributed by atoms with Crippen LogP contribution >= 0.6 is 23.2 Å². The van der Waals surface area contributed by atoms with Crippen molar-refractivity contribution in [3.8, 4) is 0 Å². The molecule has 2 amide bonds. The number of rotatable bonds is 10. The van der Waals surface area contributed by atoms with E-state index >= 15 is 0 Å². The second-order valence-electron chi connectivity index (χ2n) is 11.5. The number of hydrogen-bond acceptors (Lipinski definition) is 4. The van der Waals surface area contributed by atoms with Gasteiger partial charge in [0.25, 0.3) is 5.91 Å². The molecule has 0 aliphatic carbocycles. The molecule has 0 saturated carbocycles. The van der Waals surface area contributed by atoms with Crippen LogP contribution in [-0.2, 0) is 4.79 Å². The van der Waals surface area contributed by atoms with E-state index in [1.807, 2.05) is 67.4 Å². The molecular formula is C32H44Cl2N4O2. The summed E-state index contributed by atoms with van der Waals surface area (Å²) in [6.45, 7) is 7.61. The number of nitrogens with zero attached hydrogens (tertiary/aromatic N) is 4. The summed E-state index contributed by atoms with van der Waals surface area (Å²) in [5, 5.41) is 1.08. The summed E-state index contributed by atoms with van der Waals surface area (Å²) < 4.78 is 0. The number of carbonyl (C=O) groups is 2. The maximum Gasteiger partial charge on any atom is 0.253 e. The molecule has 2 aromatic carbocycles. The minimum Gasteiger partial charge on any atom is -0.341 e. The van der Waals surface area contributed by atoms with Gasteiger partial charge >= 0.3 is 0 Å². The Balaban J connectivity index is 1.38. The Bertz CT molecular complexity index is 1120. The molecule has 0 bridgehead atoms. The van der Waals surface area contributed by atoms with Crippen LogP contribution in [0.1, 0.15) is 67.3 Å². The summed E-state index contributed by atoms with van der Waals surface area (Å²) in [6.07, 6.45) is 5.66. The lowest BCUT2D eigenvalue weighted by atomic mass is 9.93. The molecule has 1 atom stereocenters. The fourth-order valence-electron chi connectivity index (χ4n) is 6.26. The van der Waals surface area contributed by atoms with E-state index in [-0.39, 0.29) is 11.8 Å². The van der Waals surface area contributed by atoms with E-state index < -0.39 is 0 Å². The lowest BCUT2D eigenvalue weighted by Crippen LogP contribution is -2.54. The van der Waals surface area contributed by atoms with Crippen LogP contribution in [0.5, 0.6) is 0 Å². The van der Waals surface area contributed by atoms with Crippen LogP contribution < -0.4 is 0 Å². The minimum atomic E-state index is 0.0149. The Morgan fingerprint density at radius 1 is 0.925 bits per heavy atom. The molecule has 2 aliphatic heterocycles. The molecule has 0 radical (unpaired) electrons. The Labute approximate surface area is 250 Å². The average molecular weight is 588 g/mol. The first-order chi connectivity index (χ1) is 19.3. The fraction of sp³-hybridized carbons (Fsp3) is 0.562. The molecule has 8 heteroatoms. The van der Waals surface area contributed by atoms with Gasteiger partial charge in [0.1, 0.15) is 0 Å². The Hall–Kier alpha value is -2.12. The molecule has 2 saturated heterocycles.